The van der Waals surface area contributed by atoms with Crippen LogP contribution >= 0.6 is 0 Å². The van der Waals surface area contributed by atoms with Gasteiger partial charge in [0.15, 0.2) is 11.5 Å². The summed E-state index contributed by atoms with van der Waals surface area (Å²) < 4.78 is 11.4. The summed E-state index contributed by atoms with van der Waals surface area (Å²) in [4.78, 5) is 0. The van der Waals surface area contributed by atoms with Crippen LogP contribution in [0.5, 0.6) is 11.5 Å². The highest BCUT2D eigenvalue weighted by Gasteiger charge is 2.11. The summed E-state index contributed by atoms with van der Waals surface area (Å²) in [7, 11) is 1.65. The molecule has 0 aromatic heterocycles. The average molecular weight is 411 g/mol. The lowest BCUT2D eigenvalue weighted by Gasteiger charge is -2.15. The molecule has 0 aliphatic carbocycles. The Balaban J connectivity index is 1.78. The van der Waals surface area contributed by atoms with Gasteiger partial charge in [0, 0.05) is 0 Å². The molecule has 1 N–H and O–H groups in total. The molecular weight excluding hydrogens is 372 g/mol. The fourth-order valence-electron chi connectivity index (χ4n) is 3.57. The van der Waals surface area contributed by atoms with E-state index >= 15 is 0 Å². The summed E-state index contributed by atoms with van der Waals surface area (Å²) in [6, 6.07) is 16.0. The zero-order valence-electron chi connectivity index (χ0n) is 19.1. The monoisotopic (exact) mass is 410 g/mol. The minimum Gasteiger partial charge on any atom is -0.493 e. The minimum atomic E-state index is -0.323. The van der Waals surface area contributed by atoms with Crippen LogP contribution in [-0.4, -0.2) is 18.3 Å². The third-order valence-electron chi connectivity index (χ3n) is 5.38. The molecule has 3 nitrogen and oxygen atoms in total. The predicted molar refractivity (Wildman–Crippen MR) is 125 cm³/mol. The van der Waals surface area contributed by atoms with Gasteiger partial charge < -0.3 is 14.6 Å². The quantitative estimate of drug-likeness (QED) is 0.372. The van der Waals surface area contributed by atoms with Crippen molar-refractivity contribution in [2.24, 2.45) is 5.92 Å². The van der Waals surface area contributed by atoms with Gasteiger partial charge >= 0.3 is 0 Å². The Hall–Kier alpha value is -2.26. The highest BCUT2D eigenvalue weighted by molar-refractivity contribution is 5.43. The van der Waals surface area contributed by atoms with Gasteiger partial charge in [-0.2, -0.15) is 0 Å². The maximum atomic E-state index is 10.5. The molecule has 0 unspecified atom stereocenters. The van der Waals surface area contributed by atoms with E-state index in [2.05, 4.69) is 26.8 Å². The molecule has 0 spiro atoms. The fourth-order valence-corrected chi connectivity index (χ4v) is 3.57. The van der Waals surface area contributed by atoms with E-state index in [-0.39, 0.29) is 6.10 Å². The van der Waals surface area contributed by atoms with E-state index in [1.165, 1.54) is 18.4 Å². The first-order valence-corrected chi connectivity index (χ1v) is 11.1. The Morgan fingerprint density at radius 2 is 1.73 bits per heavy atom. The Labute approximate surface area is 182 Å². The molecule has 164 valence electrons. The molecule has 0 aliphatic rings. The zero-order chi connectivity index (χ0) is 21.8. The largest absolute Gasteiger partial charge is 0.493 e. The van der Waals surface area contributed by atoms with Gasteiger partial charge in [-0.05, 0) is 68.7 Å². The molecular formula is C27H38O3. The highest BCUT2D eigenvalue weighted by atomic mass is 16.5. The Bertz CT molecular complexity index is 763. The van der Waals surface area contributed by atoms with Crippen LogP contribution in [0.4, 0.5) is 0 Å². The smallest absolute Gasteiger partial charge is 0.161 e. The van der Waals surface area contributed by atoms with Gasteiger partial charge in [-0.3, -0.25) is 0 Å². The summed E-state index contributed by atoms with van der Waals surface area (Å²) in [6.45, 7) is 7.12. The molecule has 0 saturated heterocycles. The number of ether oxygens (including phenoxy) is 2. The van der Waals surface area contributed by atoms with E-state index in [9.17, 15) is 5.11 Å². The van der Waals surface area contributed by atoms with Crippen LogP contribution in [0, 0.1) is 5.92 Å². The van der Waals surface area contributed by atoms with E-state index in [0.29, 0.717) is 24.7 Å². The van der Waals surface area contributed by atoms with Crippen molar-refractivity contribution < 1.29 is 14.6 Å². The summed E-state index contributed by atoms with van der Waals surface area (Å²) in [5.41, 5.74) is 3.58. The Morgan fingerprint density at radius 1 is 0.967 bits per heavy atom. The molecule has 2 atom stereocenters. The van der Waals surface area contributed by atoms with Gasteiger partial charge in [0.1, 0.15) is 6.61 Å². The summed E-state index contributed by atoms with van der Waals surface area (Å²) in [5, 5.41) is 10.5. The maximum Gasteiger partial charge on any atom is 0.161 e. The van der Waals surface area contributed by atoms with E-state index in [0.717, 1.165) is 36.1 Å². The third kappa shape index (κ3) is 9.04. The molecule has 30 heavy (non-hydrogen) atoms. The number of aliphatic hydroxyl groups is 1. The lowest BCUT2D eigenvalue weighted by Crippen LogP contribution is -2.11. The summed E-state index contributed by atoms with van der Waals surface area (Å²) in [6.07, 6.45) is 8.08. The van der Waals surface area contributed by atoms with Crippen LogP contribution in [0.15, 0.2) is 60.2 Å². The number of hydrogen-bond donors (Lipinski definition) is 1. The molecule has 0 bridgehead atoms. The normalized spacial score (nSPS) is 12.8. The molecule has 0 heterocycles. The van der Waals surface area contributed by atoms with Crippen molar-refractivity contribution in [3.8, 4) is 11.5 Å². The second-order valence-corrected chi connectivity index (χ2v) is 8.51. The van der Waals surface area contributed by atoms with Crippen LogP contribution < -0.4 is 9.47 Å². The molecule has 3 heteroatoms. The van der Waals surface area contributed by atoms with Crippen LogP contribution in [0.25, 0.3) is 0 Å². The van der Waals surface area contributed by atoms with Crippen molar-refractivity contribution >= 4 is 0 Å². The van der Waals surface area contributed by atoms with Gasteiger partial charge in [0.2, 0.25) is 0 Å². The van der Waals surface area contributed by atoms with Gasteiger partial charge in [-0.1, -0.05) is 67.8 Å². The second kappa shape index (κ2) is 13.1. The van der Waals surface area contributed by atoms with E-state index in [1.807, 2.05) is 48.5 Å². The van der Waals surface area contributed by atoms with Crippen LogP contribution in [0.2, 0.25) is 0 Å². The average Bonchev–Trinajstić information content (AvgIpc) is 2.73. The van der Waals surface area contributed by atoms with Crippen LogP contribution in [-0.2, 0) is 13.0 Å². The molecule has 0 fully saturated rings. The minimum absolute atomic E-state index is 0.323. The van der Waals surface area contributed by atoms with Crippen molar-refractivity contribution in [3.05, 3.63) is 71.3 Å². The number of methoxy groups -OCH3 is 1. The molecule has 2 rings (SSSR count). The van der Waals surface area contributed by atoms with Crippen molar-refractivity contribution in [3.63, 3.8) is 0 Å². The SMILES string of the molecule is COc1cc(C[C@@H](O)CCC[C@H](C)CCC=C(C)C)ccc1OCc1ccccc1. The van der Waals surface area contributed by atoms with Gasteiger partial charge in [0.05, 0.1) is 13.2 Å². The first-order valence-electron chi connectivity index (χ1n) is 11.1. The van der Waals surface area contributed by atoms with Crippen molar-refractivity contribution in [2.75, 3.05) is 7.11 Å². The number of allylic oxidation sites excluding steroid dienone is 2. The Kier molecular flexibility index (Phi) is 10.5. The molecule has 0 radical (unpaired) electrons. The number of benzene rings is 2. The Morgan fingerprint density at radius 3 is 2.43 bits per heavy atom. The maximum absolute atomic E-state index is 10.5. The van der Waals surface area contributed by atoms with Gasteiger partial charge in [-0.25, -0.2) is 0 Å². The van der Waals surface area contributed by atoms with Crippen molar-refractivity contribution in [1.82, 2.24) is 0 Å². The van der Waals surface area contributed by atoms with Crippen molar-refractivity contribution in [1.29, 1.82) is 0 Å². The number of rotatable bonds is 13. The van der Waals surface area contributed by atoms with E-state index in [4.69, 9.17) is 9.47 Å². The summed E-state index contributed by atoms with van der Waals surface area (Å²) >= 11 is 0. The lowest BCUT2D eigenvalue weighted by molar-refractivity contribution is 0.159. The second-order valence-electron chi connectivity index (χ2n) is 8.51. The first kappa shape index (κ1) is 24.0. The lowest BCUT2D eigenvalue weighted by atomic mass is 9.95. The number of hydrogen-bond acceptors (Lipinski definition) is 3. The first-order chi connectivity index (χ1) is 14.5. The zero-order valence-corrected chi connectivity index (χ0v) is 19.1. The standard InChI is InChI=1S/C27H38O3/c1-21(2)10-8-11-22(3)12-9-15-25(28)18-24-16-17-26(27(19-24)29-4)30-20-23-13-6-5-7-14-23/h5-7,10,13-14,16-17,19,22,25,28H,8-9,11-12,15,18,20H2,1-4H3/t22-,25+/m1/s1. The molecule has 0 saturated carbocycles. The highest BCUT2D eigenvalue weighted by Crippen LogP contribution is 2.29. The summed E-state index contributed by atoms with van der Waals surface area (Å²) in [5.74, 6) is 2.14. The number of aliphatic hydroxyl groups excluding tert-OH is 1. The molecule has 2 aromatic carbocycles. The van der Waals surface area contributed by atoms with Gasteiger partial charge in [-0.15, -0.1) is 0 Å². The van der Waals surface area contributed by atoms with E-state index < -0.39 is 0 Å². The topological polar surface area (TPSA) is 38.7 Å². The molecule has 0 aliphatic heterocycles. The molecule has 2 aromatic rings. The third-order valence-corrected chi connectivity index (χ3v) is 5.38. The van der Waals surface area contributed by atoms with Crippen LogP contribution in [0.1, 0.15) is 64.0 Å². The fraction of sp³-hybridized carbons (Fsp3) is 0.481. The molecule has 0 amide bonds. The van der Waals surface area contributed by atoms with Gasteiger partial charge in [0.25, 0.3) is 0 Å². The van der Waals surface area contributed by atoms with Crippen molar-refractivity contribution in [2.45, 2.75) is 72.0 Å². The van der Waals surface area contributed by atoms with E-state index in [1.54, 1.807) is 7.11 Å². The predicted octanol–water partition coefficient (Wildman–Crippen LogP) is 6.73. The van der Waals surface area contributed by atoms with Crippen LogP contribution in [0.3, 0.4) is 0 Å².